The minimum atomic E-state index is -0.875. The Kier molecular flexibility index (Phi) is 3.47. The molecule has 1 atom stereocenters. The fraction of sp³-hybridized carbons (Fsp3) is 0.600. The van der Waals surface area contributed by atoms with Crippen molar-refractivity contribution in [3.63, 3.8) is 0 Å². The van der Waals surface area contributed by atoms with Gasteiger partial charge in [-0.2, -0.15) is 5.10 Å². The first-order chi connectivity index (χ1) is 6.91. The van der Waals surface area contributed by atoms with E-state index in [1.54, 1.807) is 17.9 Å². The molecule has 0 aliphatic carbocycles. The Labute approximate surface area is 89.1 Å². The number of nitrogens with one attached hydrogen (secondary N) is 1. The second-order valence-corrected chi connectivity index (χ2v) is 3.94. The number of carboxylic acid groups (broad SMARTS) is 1. The van der Waals surface area contributed by atoms with Gasteiger partial charge in [0.1, 0.15) is 6.04 Å². The van der Waals surface area contributed by atoms with Gasteiger partial charge < -0.3 is 5.11 Å². The van der Waals surface area contributed by atoms with Gasteiger partial charge >= 0.3 is 5.97 Å². The highest BCUT2D eigenvalue weighted by Gasteiger charge is 2.23. The standard InChI is InChI=1S/C10H17N3O2/c1-6(2)11-9(10(14)15)8-5-13(4)12-7(8)3/h5-6,9,11H,1-4H3,(H,14,15). The smallest absolute Gasteiger partial charge is 0.325 e. The molecule has 0 spiro atoms. The van der Waals surface area contributed by atoms with Crippen LogP contribution in [-0.2, 0) is 11.8 Å². The van der Waals surface area contributed by atoms with Gasteiger partial charge in [0.2, 0.25) is 0 Å². The van der Waals surface area contributed by atoms with Crippen molar-refractivity contribution in [2.75, 3.05) is 0 Å². The van der Waals surface area contributed by atoms with Crippen molar-refractivity contribution in [2.45, 2.75) is 32.9 Å². The summed E-state index contributed by atoms with van der Waals surface area (Å²) in [7, 11) is 1.78. The molecule has 1 aromatic rings. The second kappa shape index (κ2) is 4.44. The molecule has 0 saturated heterocycles. The summed E-state index contributed by atoms with van der Waals surface area (Å²) in [6.45, 7) is 5.65. The van der Waals surface area contributed by atoms with Crippen LogP contribution in [-0.4, -0.2) is 26.9 Å². The molecule has 0 saturated carbocycles. The van der Waals surface area contributed by atoms with Crippen LogP contribution in [0.15, 0.2) is 6.20 Å². The van der Waals surface area contributed by atoms with Crippen LogP contribution in [0.3, 0.4) is 0 Å². The van der Waals surface area contributed by atoms with Gasteiger partial charge in [-0.3, -0.25) is 14.8 Å². The molecule has 1 unspecified atom stereocenters. The Morgan fingerprint density at radius 2 is 2.20 bits per heavy atom. The second-order valence-electron chi connectivity index (χ2n) is 3.94. The summed E-state index contributed by atoms with van der Waals surface area (Å²) in [6.07, 6.45) is 1.74. The molecule has 15 heavy (non-hydrogen) atoms. The third-order valence-electron chi connectivity index (χ3n) is 2.11. The summed E-state index contributed by atoms with van der Waals surface area (Å²) < 4.78 is 1.63. The van der Waals surface area contributed by atoms with E-state index in [9.17, 15) is 4.79 Å². The molecule has 2 N–H and O–H groups in total. The molecule has 0 aliphatic rings. The van der Waals surface area contributed by atoms with Crippen LogP contribution in [0.1, 0.15) is 31.1 Å². The number of nitrogens with zero attached hydrogens (tertiary/aromatic N) is 2. The zero-order valence-electron chi connectivity index (χ0n) is 9.48. The van der Waals surface area contributed by atoms with Crippen molar-refractivity contribution >= 4 is 5.97 Å². The van der Waals surface area contributed by atoms with Gasteiger partial charge in [0.05, 0.1) is 5.69 Å². The van der Waals surface area contributed by atoms with Crippen molar-refractivity contribution < 1.29 is 9.90 Å². The van der Waals surface area contributed by atoms with E-state index in [0.29, 0.717) is 0 Å². The molecule has 0 amide bonds. The summed E-state index contributed by atoms with van der Waals surface area (Å²) in [4.78, 5) is 11.1. The highest BCUT2D eigenvalue weighted by Crippen LogP contribution is 2.17. The van der Waals surface area contributed by atoms with Gasteiger partial charge in [-0.15, -0.1) is 0 Å². The van der Waals surface area contributed by atoms with Crippen LogP contribution in [0.25, 0.3) is 0 Å². The predicted octanol–water partition coefficient (Wildman–Crippen LogP) is 0.852. The molecule has 5 heteroatoms. The van der Waals surface area contributed by atoms with Crippen molar-refractivity contribution in [3.8, 4) is 0 Å². The molecule has 0 bridgehead atoms. The number of hydrogen-bond acceptors (Lipinski definition) is 3. The van der Waals surface area contributed by atoms with Crippen LogP contribution < -0.4 is 5.32 Å². The number of rotatable bonds is 4. The van der Waals surface area contributed by atoms with Gasteiger partial charge in [0.15, 0.2) is 0 Å². The third-order valence-corrected chi connectivity index (χ3v) is 2.11. The van der Waals surface area contributed by atoms with Crippen molar-refractivity contribution in [1.29, 1.82) is 0 Å². The van der Waals surface area contributed by atoms with Crippen LogP contribution in [0.2, 0.25) is 0 Å². The molecular formula is C10H17N3O2. The lowest BCUT2D eigenvalue weighted by Gasteiger charge is -2.16. The molecule has 5 nitrogen and oxygen atoms in total. The Bertz CT molecular complexity index is 358. The maximum Gasteiger partial charge on any atom is 0.325 e. The summed E-state index contributed by atoms with van der Waals surface area (Å²) in [5, 5.41) is 16.2. The summed E-state index contributed by atoms with van der Waals surface area (Å²) in [5.74, 6) is -0.875. The predicted molar refractivity (Wildman–Crippen MR) is 56.6 cm³/mol. The van der Waals surface area contributed by atoms with Gasteiger partial charge in [0, 0.05) is 24.8 Å². The highest BCUT2D eigenvalue weighted by molar-refractivity contribution is 5.75. The van der Waals surface area contributed by atoms with E-state index >= 15 is 0 Å². The zero-order valence-corrected chi connectivity index (χ0v) is 9.48. The summed E-state index contributed by atoms with van der Waals surface area (Å²) >= 11 is 0. The summed E-state index contributed by atoms with van der Waals surface area (Å²) in [6, 6.07) is -0.565. The molecule has 84 valence electrons. The molecule has 1 rings (SSSR count). The van der Waals surface area contributed by atoms with Gasteiger partial charge in [-0.05, 0) is 20.8 Å². The Hall–Kier alpha value is -1.36. The van der Waals surface area contributed by atoms with Gasteiger partial charge in [0.25, 0.3) is 0 Å². The number of aliphatic carboxylic acids is 1. The van der Waals surface area contributed by atoms with E-state index in [1.165, 1.54) is 0 Å². The Balaban J connectivity index is 2.98. The van der Waals surface area contributed by atoms with Gasteiger partial charge in [-0.1, -0.05) is 0 Å². The highest BCUT2D eigenvalue weighted by atomic mass is 16.4. The van der Waals surface area contributed by atoms with E-state index in [0.717, 1.165) is 11.3 Å². The number of carboxylic acids is 1. The van der Waals surface area contributed by atoms with E-state index in [2.05, 4.69) is 10.4 Å². The Morgan fingerprint density at radius 3 is 2.53 bits per heavy atom. The minimum Gasteiger partial charge on any atom is -0.480 e. The molecule has 0 aromatic carbocycles. The SMILES string of the molecule is Cc1nn(C)cc1C(NC(C)C)C(=O)O. The van der Waals surface area contributed by atoms with Crippen LogP contribution in [0.4, 0.5) is 0 Å². The average molecular weight is 211 g/mol. The summed E-state index contributed by atoms with van der Waals surface area (Å²) in [5.41, 5.74) is 1.47. The number of aromatic nitrogens is 2. The first-order valence-electron chi connectivity index (χ1n) is 4.90. The van der Waals surface area contributed by atoms with E-state index in [4.69, 9.17) is 5.11 Å². The fourth-order valence-corrected chi connectivity index (χ4v) is 1.53. The molecule has 1 heterocycles. The van der Waals surface area contributed by atoms with Crippen molar-refractivity contribution in [1.82, 2.24) is 15.1 Å². The molecule has 0 aliphatic heterocycles. The number of hydrogen-bond donors (Lipinski definition) is 2. The first-order valence-corrected chi connectivity index (χ1v) is 4.90. The topological polar surface area (TPSA) is 67.2 Å². The first kappa shape index (κ1) is 11.7. The lowest BCUT2D eigenvalue weighted by molar-refractivity contribution is -0.139. The minimum absolute atomic E-state index is 0.116. The van der Waals surface area contributed by atoms with Crippen LogP contribution in [0, 0.1) is 6.92 Å². The maximum absolute atomic E-state index is 11.1. The maximum atomic E-state index is 11.1. The van der Waals surface area contributed by atoms with E-state index in [-0.39, 0.29) is 6.04 Å². The number of carbonyl (C=O) groups is 1. The van der Waals surface area contributed by atoms with E-state index < -0.39 is 12.0 Å². The average Bonchev–Trinajstić information content (AvgIpc) is 2.40. The van der Waals surface area contributed by atoms with Crippen LogP contribution >= 0.6 is 0 Å². The lowest BCUT2D eigenvalue weighted by atomic mass is 10.1. The normalized spacial score (nSPS) is 13.1. The van der Waals surface area contributed by atoms with Crippen molar-refractivity contribution in [2.24, 2.45) is 7.05 Å². The lowest BCUT2D eigenvalue weighted by Crippen LogP contribution is -2.33. The third kappa shape index (κ3) is 2.79. The molecule has 1 aromatic heterocycles. The van der Waals surface area contributed by atoms with E-state index in [1.807, 2.05) is 20.8 Å². The van der Waals surface area contributed by atoms with Crippen molar-refractivity contribution in [3.05, 3.63) is 17.5 Å². The van der Waals surface area contributed by atoms with Gasteiger partial charge in [-0.25, -0.2) is 0 Å². The Morgan fingerprint density at radius 1 is 1.60 bits per heavy atom. The molecule has 0 radical (unpaired) electrons. The quantitative estimate of drug-likeness (QED) is 0.775. The monoisotopic (exact) mass is 211 g/mol. The van der Waals surface area contributed by atoms with Crippen LogP contribution in [0.5, 0.6) is 0 Å². The fourth-order valence-electron chi connectivity index (χ4n) is 1.53. The molecular weight excluding hydrogens is 194 g/mol. The largest absolute Gasteiger partial charge is 0.480 e. The number of aryl methyl sites for hydroxylation is 2. The zero-order chi connectivity index (χ0) is 11.6. The molecule has 0 fully saturated rings.